The molecule has 0 radical (unpaired) electrons. The van der Waals surface area contributed by atoms with Crippen molar-refractivity contribution in [3.05, 3.63) is 42.5 Å². The van der Waals surface area contributed by atoms with Crippen LogP contribution in [0.3, 0.4) is 0 Å². The summed E-state index contributed by atoms with van der Waals surface area (Å²) in [7, 11) is -4.08. The van der Waals surface area contributed by atoms with E-state index in [1.807, 2.05) is 6.92 Å². The van der Waals surface area contributed by atoms with Crippen LogP contribution in [0.4, 0.5) is 0 Å². The lowest BCUT2D eigenvalue weighted by Crippen LogP contribution is -2.16. The number of thioether (sulfide) groups is 1. The number of rotatable bonds is 6. The Bertz CT molecular complexity index is 650. The van der Waals surface area contributed by atoms with E-state index in [0.717, 1.165) is 17.3 Å². The van der Waals surface area contributed by atoms with E-state index in [0.29, 0.717) is 5.75 Å². The molecule has 0 amide bonds. The predicted octanol–water partition coefficient (Wildman–Crippen LogP) is 2.50. The Morgan fingerprint density at radius 3 is 2.55 bits per heavy atom. The first-order valence-corrected chi connectivity index (χ1v) is 8.79. The van der Waals surface area contributed by atoms with E-state index in [1.54, 1.807) is 25.1 Å². The number of nitrogens with zero attached hydrogens (tertiary/aromatic N) is 1. The van der Waals surface area contributed by atoms with E-state index in [1.165, 1.54) is 12.1 Å². The minimum atomic E-state index is -4.08. The highest BCUT2D eigenvalue weighted by Gasteiger charge is 2.19. The number of ether oxygens (including phenoxy) is 1. The maximum atomic E-state index is 12.0. The fraction of sp³-hybridized carbons (Fsp3) is 0.286. The number of aryl methyl sites for hydroxylation is 1. The second kappa shape index (κ2) is 8.60. The Morgan fingerprint density at radius 1 is 1.36 bits per heavy atom. The molecule has 8 heteroatoms. The summed E-state index contributed by atoms with van der Waals surface area (Å²) < 4.78 is 33.4. The Balaban J connectivity index is 2.93. The molecule has 0 saturated carbocycles. The van der Waals surface area contributed by atoms with Gasteiger partial charge in [-0.25, -0.2) is 4.79 Å². The third kappa shape index (κ3) is 5.53. The highest BCUT2D eigenvalue weighted by molar-refractivity contribution is 8.15. The van der Waals surface area contributed by atoms with Gasteiger partial charge in [0.1, 0.15) is 4.90 Å². The minimum absolute atomic E-state index is 0.0428. The van der Waals surface area contributed by atoms with Gasteiger partial charge in [-0.3, -0.25) is 4.28 Å². The molecule has 0 N–H and O–H groups in total. The van der Waals surface area contributed by atoms with Gasteiger partial charge in [0.25, 0.3) is 0 Å². The number of carbonyl (C=O) groups excluding carboxylic acids is 1. The molecule has 0 heterocycles. The fourth-order valence-electron chi connectivity index (χ4n) is 1.28. The van der Waals surface area contributed by atoms with Crippen molar-refractivity contribution in [2.75, 3.05) is 12.4 Å². The molecule has 120 valence electrons. The smallest absolute Gasteiger partial charge is 0.367 e. The van der Waals surface area contributed by atoms with Gasteiger partial charge >= 0.3 is 16.1 Å². The standard InChI is InChI=1S/C14H17NO5S2/c1-4-10-21-13(14(16)19-5-2)15-20-22(17,18)12-8-6-11(3)7-9-12/h4,6-9H,1,5,10H2,2-3H3. The van der Waals surface area contributed by atoms with Crippen LogP contribution in [0.15, 0.2) is 47.0 Å². The van der Waals surface area contributed by atoms with Gasteiger partial charge in [0.05, 0.1) is 6.61 Å². The first kappa shape index (κ1) is 18.2. The van der Waals surface area contributed by atoms with Crippen molar-refractivity contribution >= 4 is 32.9 Å². The summed E-state index contributed by atoms with van der Waals surface area (Å²) in [5, 5.41) is 3.24. The molecule has 0 saturated heterocycles. The lowest BCUT2D eigenvalue weighted by molar-refractivity contribution is -0.134. The molecule has 6 nitrogen and oxygen atoms in total. The predicted molar refractivity (Wildman–Crippen MR) is 86.2 cm³/mol. The van der Waals surface area contributed by atoms with Crippen molar-refractivity contribution in [2.45, 2.75) is 18.7 Å². The zero-order valence-electron chi connectivity index (χ0n) is 12.3. The zero-order chi connectivity index (χ0) is 16.6. The van der Waals surface area contributed by atoms with Gasteiger partial charge in [-0.15, -0.1) is 6.58 Å². The molecule has 0 spiro atoms. The molecule has 0 aromatic heterocycles. The van der Waals surface area contributed by atoms with Crippen LogP contribution < -0.4 is 0 Å². The van der Waals surface area contributed by atoms with E-state index < -0.39 is 16.1 Å². The summed E-state index contributed by atoms with van der Waals surface area (Å²) in [6.45, 7) is 7.14. The summed E-state index contributed by atoms with van der Waals surface area (Å²) in [5.41, 5.74) is 0.913. The summed E-state index contributed by atoms with van der Waals surface area (Å²) in [6.07, 6.45) is 1.55. The summed E-state index contributed by atoms with van der Waals surface area (Å²) >= 11 is 0.976. The molecule has 22 heavy (non-hydrogen) atoms. The molecular weight excluding hydrogens is 326 g/mol. The molecule has 0 aliphatic heterocycles. The van der Waals surface area contributed by atoms with Crippen LogP contribution in [-0.2, 0) is 23.9 Å². The Morgan fingerprint density at radius 2 is 2.00 bits per heavy atom. The summed E-state index contributed by atoms with van der Waals surface area (Å²) in [5.74, 6) is -0.376. The molecule has 0 unspecified atom stereocenters. The van der Waals surface area contributed by atoms with Crippen molar-refractivity contribution in [1.29, 1.82) is 0 Å². The lowest BCUT2D eigenvalue weighted by Gasteiger charge is -2.05. The average molecular weight is 343 g/mol. The fourth-order valence-corrected chi connectivity index (χ4v) is 2.60. The minimum Gasteiger partial charge on any atom is -0.461 e. The van der Waals surface area contributed by atoms with E-state index >= 15 is 0 Å². The maximum absolute atomic E-state index is 12.0. The normalized spacial score (nSPS) is 11.8. The maximum Gasteiger partial charge on any atom is 0.367 e. The van der Waals surface area contributed by atoms with Crippen LogP contribution in [-0.4, -0.2) is 31.8 Å². The second-order valence-corrected chi connectivity index (χ2v) is 6.60. The van der Waals surface area contributed by atoms with E-state index in [4.69, 9.17) is 4.74 Å². The van der Waals surface area contributed by atoms with Gasteiger partial charge in [0.15, 0.2) is 0 Å². The molecule has 1 aromatic rings. The quantitative estimate of drug-likeness (QED) is 0.259. The Kier molecular flexibility index (Phi) is 7.13. The van der Waals surface area contributed by atoms with E-state index in [2.05, 4.69) is 16.0 Å². The van der Waals surface area contributed by atoms with Crippen molar-refractivity contribution in [3.63, 3.8) is 0 Å². The number of oxime groups is 1. The number of hydrogen-bond acceptors (Lipinski definition) is 7. The van der Waals surface area contributed by atoms with E-state index in [9.17, 15) is 13.2 Å². The lowest BCUT2D eigenvalue weighted by atomic mass is 10.2. The number of hydrogen-bond donors (Lipinski definition) is 0. The summed E-state index contributed by atoms with van der Waals surface area (Å²) in [4.78, 5) is 11.6. The van der Waals surface area contributed by atoms with Crippen LogP contribution in [0.25, 0.3) is 0 Å². The van der Waals surface area contributed by atoms with Crippen molar-refractivity contribution in [2.24, 2.45) is 5.16 Å². The topological polar surface area (TPSA) is 82.0 Å². The zero-order valence-corrected chi connectivity index (χ0v) is 13.9. The monoisotopic (exact) mass is 343 g/mol. The van der Waals surface area contributed by atoms with Crippen LogP contribution in [0.1, 0.15) is 12.5 Å². The Labute approximate surface area is 134 Å². The van der Waals surface area contributed by atoms with Crippen molar-refractivity contribution < 1.29 is 22.2 Å². The summed E-state index contributed by atoms with van der Waals surface area (Å²) in [6, 6.07) is 6.08. The van der Waals surface area contributed by atoms with Gasteiger partial charge in [-0.1, -0.05) is 40.7 Å². The third-order valence-electron chi connectivity index (χ3n) is 2.32. The van der Waals surface area contributed by atoms with Crippen LogP contribution in [0, 0.1) is 6.92 Å². The third-order valence-corrected chi connectivity index (χ3v) is 4.35. The van der Waals surface area contributed by atoms with Gasteiger partial charge in [0, 0.05) is 5.75 Å². The first-order valence-electron chi connectivity index (χ1n) is 6.39. The van der Waals surface area contributed by atoms with Crippen LogP contribution in [0.5, 0.6) is 0 Å². The van der Waals surface area contributed by atoms with Crippen molar-refractivity contribution in [1.82, 2.24) is 0 Å². The highest BCUT2D eigenvalue weighted by atomic mass is 32.2. The van der Waals surface area contributed by atoms with Crippen LogP contribution in [0.2, 0.25) is 0 Å². The van der Waals surface area contributed by atoms with Crippen LogP contribution >= 0.6 is 11.8 Å². The van der Waals surface area contributed by atoms with E-state index in [-0.39, 0.29) is 16.5 Å². The number of benzene rings is 1. The molecule has 0 aliphatic rings. The van der Waals surface area contributed by atoms with Gasteiger partial charge in [-0.05, 0) is 26.0 Å². The molecule has 1 rings (SSSR count). The molecular formula is C14H17NO5S2. The highest BCUT2D eigenvalue weighted by Crippen LogP contribution is 2.15. The molecule has 0 fully saturated rings. The first-order chi connectivity index (χ1) is 10.4. The van der Waals surface area contributed by atoms with Gasteiger partial charge in [-0.2, -0.15) is 8.42 Å². The Hall–Kier alpha value is -1.80. The number of carbonyl (C=O) groups is 1. The molecule has 0 bridgehead atoms. The van der Waals surface area contributed by atoms with Gasteiger partial charge < -0.3 is 4.74 Å². The SMILES string of the molecule is C=CCSC(=NOS(=O)(=O)c1ccc(C)cc1)C(=O)OCC. The molecule has 0 aliphatic carbocycles. The molecule has 0 atom stereocenters. The number of esters is 1. The van der Waals surface area contributed by atoms with Gasteiger partial charge in [0.2, 0.25) is 5.04 Å². The average Bonchev–Trinajstić information content (AvgIpc) is 2.48. The molecule has 1 aromatic carbocycles. The van der Waals surface area contributed by atoms with Crippen molar-refractivity contribution in [3.8, 4) is 0 Å². The second-order valence-electron chi connectivity index (χ2n) is 4.06. The largest absolute Gasteiger partial charge is 0.461 e.